The number of carboxylic acids is 1. The van der Waals surface area contributed by atoms with E-state index in [0.29, 0.717) is 23.1 Å². The Bertz CT molecular complexity index is 660. The zero-order valence-corrected chi connectivity index (χ0v) is 11.9. The Morgan fingerprint density at radius 2 is 2.30 bits per heavy atom. The van der Waals surface area contributed by atoms with Gasteiger partial charge < -0.3 is 14.6 Å². The number of aliphatic carboxylic acids is 1. The van der Waals surface area contributed by atoms with Gasteiger partial charge >= 0.3 is 5.97 Å². The molecule has 20 heavy (non-hydrogen) atoms. The van der Waals surface area contributed by atoms with E-state index >= 15 is 0 Å². The zero-order chi connectivity index (χ0) is 14.3. The van der Waals surface area contributed by atoms with Crippen LogP contribution < -0.4 is 9.47 Å². The van der Waals surface area contributed by atoms with Crippen LogP contribution in [0, 0.1) is 13.8 Å². The second kappa shape index (κ2) is 4.79. The number of nitrogens with zero attached hydrogens (tertiary/aromatic N) is 1. The van der Waals surface area contributed by atoms with Crippen molar-refractivity contribution in [3.63, 3.8) is 0 Å². The van der Waals surface area contributed by atoms with Crippen LogP contribution in [-0.4, -0.2) is 22.2 Å². The van der Waals surface area contributed by atoms with Gasteiger partial charge in [-0.1, -0.05) is 17.4 Å². The number of ether oxygens (including phenoxy) is 2. The normalized spacial score (nSPS) is 16.6. The molecule has 104 valence electrons. The molecular formula is C14H13NO4S. The van der Waals surface area contributed by atoms with Gasteiger partial charge in [0, 0.05) is 17.4 Å². The van der Waals surface area contributed by atoms with Crippen molar-refractivity contribution in [3.8, 4) is 16.7 Å². The Labute approximate surface area is 119 Å². The lowest BCUT2D eigenvalue weighted by atomic mass is 10.1. The minimum absolute atomic E-state index is 0.389. The van der Waals surface area contributed by atoms with Crippen molar-refractivity contribution in [1.82, 2.24) is 4.98 Å². The summed E-state index contributed by atoms with van der Waals surface area (Å²) in [7, 11) is 0. The quantitative estimate of drug-likeness (QED) is 0.941. The molecule has 0 saturated heterocycles. The van der Waals surface area contributed by atoms with Crippen LogP contribution in [0.5, 0.6) is 16.7 Å². The number of carbonyl (C=O) groups is 1. The lowest BCUT2D eigenvalue weighted by Crippen LogP contribution is -2.24. The van der Waals surface area contributed by atoms with Crippen molar-refractivity contribution >= 4 is 17.3 Å². The van der Waals surface area contributed by atoms with Crippen molar-refractivity contribution in [3.05, 3.63) is 34.3 Å². The maximum Gasteiger partial charge on any atom is 0.345 e. The predicted molar refractivity (Wildman–Crippen MR) is 73.9 cm³/mol. The van der Waals surface area contributed by atoms with Gasteiger partial charge in [-0.05, 0) is 25.5 Å². The number of hydrogen-bond donors (Lipinski definition) is 1. The molecule has 0 spiro atoms. The van der Waals surface area contributed by atoms with E-state index in [-0.39, 0.29) is 0 Å². The Morgan fingerprint density at radius 3 is 2.95 bits per heavy atom. The summed E-state index contributed by atoms with van der Waals surface area (Å²) in [6, 6.07) is 5.35. The SMILES string of the molecule is Cc1nc(Oc2ccc3c(c2)OC(C(=O)O)C3)sc1C. The highest BCUT2D eigenvalue weighted by atomic mass is 32.1. The smallest absolute Gasteiger partial charge is 0.345 e. The van der Waals surface area contributed by atoms with Gasteiger partial charge in [-0.2, -0.15) is 0 Å². The van der Waals surface area contributed by atoms with Crippen LogP contribution in [-0.2, 0) is 11.2 Å². The highest BCUT2D eigenvalue weighted by Gasteiger charge is 2.29. The number of thiazole rings is 1. The molecule has 0 saturated carbocycles. The number of fused-ring (bicyclic) bond motifs is 1. The molecule has 1 aromatic heterocycles. The van der Waals surface area contributed by atoms with Crippen LogP contribution >= 0.6 is 11.3 Å². The van der Waals surface area contributed by atoms with Crippen LogP contribution in [0.1, 0.15) is 16.1 Å². The third-order valence-corrected chi connectivity index (χ3v) is 4.15. The second-order valence-electron chi connectivity index (χ2n) is 4.64. The van der Waals surface area contributed by atoms with E-state index < -0.39 is 12.1 Å². The van der Waals surface area contributed by atoms with E-state index in [1.54, 1.807) is 12.1 Å². The van der Waals surface area contributed by atoms with Crippen molar-refractivity contribution in [2.75, 3.05) is 0 Å². The second-order valence-corrected chi connectivity index (χ2v) is 5.81. The predicted octanol–water partition coefficient (Wildman–Crippen LogP) is 2.94. The van der Waals surface area contributed by atoms with Crippen molar-refractivity contribution in [2.24, 2.45) is 0 Å². The first-order valence-electron chi connectivity index (χ1n) is 6.17. The molecule has 2 aromatic rings. The molecule has 6 heteroatoms. The average Bonchev–Trinajstić information content (AvgIpc) is 2.93. The fraction of sp³-hybridized carbons (Fsp3) is 0.286. The van der Waals surface area contributed by atoms with Gasteiger partial charge in [-0.25, -0.2) is 9.78 Å². The van der Waals surface area contributed by atoms with Gasteiger partial charge in [-0.3, -0.25) is 0 Å². The Hall–Kier alpha value is -2.08. The van der Waals surface area contributed by atoms with Crippen molar-refractivity contribution < 1.29 is 19.4 Å². The fourth-order valence-electron chi connectivity index (χ4n) is 2.00. The van der Waals surface area contributed by atoms with Crippen LogP contribution in [0.2, 0.25) is 0 Å². The lowest BCUT2D eigenvalue weighted by molar-refractivity contribution is -0.144. The minimum atomic E-state index is -0.949. The van der Waals surface area contributed by atoms with Crippen LogP contribution in [0.4, 0.5) is 0 Å². The Morgan fingerprint density at radius 1 is 1.50 bits per heavy atom. The van der Waals surface area contributed by atoms with Gasteiger partial charge in [0.05, 0.1) is 5.69 Å². The molecule has 0 radical (unpaired) electrons. The van der Waals surface area contributed by atoms with E-state index in [0.717, 1.165) is 16.1 Å². The fourth-order valence-corrected chi connectivity index (χ4v) is 2.77. The first-order chi connectivity index (χ1) is 9.52. The molecular weight excluding hydrogens is 278 g/mol. The van der Waals surface area contributed by atoms with Crippen molar-refractivity contribution in [2.45, 2.75) is 26.4 Å². The molecule has 1 aromatic carbocycles. The largest absolute Gasteiger partial charge is 0.478 e. The summed E-state index contributed by atoms with van der Waals surface area (Å²) in [5.74, 6) is 0.221. The van der Waals surface area contributed by atoms with Gasteiger partial charge in [-0.15, -0.1) is 0 Å². The standard InChI is InChI=1S/C14H13NO4S/c1-7-8(2)20-14(15-7)18-10-4-3-9-5-12(13(16)17)19-11(9)6-10/h3-4,6,12H,5H2,1-2H3,(H,16,17). The molecule has 0 amide bonds. The highest BCUT2D eigenvalue weighted by Crippen LogP contribution is 2.35. The van der Waals surface area contributed by atoms with E-state index in [2.05, 4.69) is 4.98 Å². The maximum atomic E-state index is 10.9. The molecule has 0 fully saturated rings. The number of benzene rings is 1. The molecule has 1 N–H and O–H groups in total. The lowest BCUT2D eigenvalue weighted by Gasteiger charge is -2.05. The van der Waals surface area contributed by atoms with Gasteiger partial charge in [0.15, 0.2) is 6.10 Å². The van der Waals surface area contributed by atoms with Crippen molar-refractivity contribution in [1.29, 1.82) is 0 Å². The van der Waals surface area contributed by atoms with Crippen LogP contribution in [0.15, 0.2) is 18.2 Å². The van der Waals surface area contributed by atoms with Gasteiger partial charge in [0.1, 0.15) is 11.5 Å². The number of aryl methyl sites for hydroxylation is 2. The topological polar surface area (TPSA) is 68.7 Å². The molecule has 1 unspecified atom stereocenters. The molecule has 1 aliphatic rings. The molecule has 3 rings (SSSR count). The third kappa shape index (κ3) is 2.34. The number of rotatable bonds is 3. The zero-order valence-electron chi connectivity index (χ0n) is 11.0. The van der Waals surface area contributed by atoms with Gasteiger partial charge in [0.25, 0.3) is 5.19 Å². The molecule has 2 heterocycles. The molecule has 5 nitrogen and oxygen atoms in total. The number of carboxylic acid groups (broad SMARTS) is 1. The molecule has 0 aliphatic carbocycles. The van der Waals surface area contributed by atoms with E-state index in [1.165, 1.54) is 11.3 Å². The Kier molecular flexibility index (Phi) is 3.10. The van der Waals surface area contributed by atoms with Gasteiger partial charge in [0.2, 0.25) is 0 Å². The van der Waals surface area contributed by atoms with E-state index in [9.17, 15) is 4.79 Å². The summed E-state index contributed by atoms with van der Waals surface area (Å²) in [4.78, 5) is 16.3. The number of hydrogen-bond acceptors (Lipinski definition) is 5. The molecule has 1 atom stereocenters. The van der Waals surface area contributed by atoms with Crippen LogP contribution in [0.3, 0.4) is 0 Å². The summed E-state index contributed by atoms with van der Waals surface area (Å²) in [5, 5.41) is 9.54. The third-order valence-electron chi connectivity index (χ3n) is 3.20. The van der Waals surface area contributed by atoms with E-state index in [1.807, 2.05) is 19.9 Å². The monoisotopic (exact) mass is 291 g/mol. The maximum absolute atomic E-state index is 10.9. The summed E-state index contributed by atoms with van der Waals surface area (Å²) < 4.78 is 11.1. The highest BCUT2D eigenvalue weighted by molar-refractivity contribution is 7.13. The first-order valence-corrected chi connectivity index (χ1v) is 6.99. The molecule has 1 aliphatic heterocycles. The summed E-state index contributed by atoms with van der Waals surface area (Å²) in [5.41, 5.74) is 1.84. The first kappa shape index (κ1) is 12.9. The minimum Gasteiger partial charge on any atom is -0.478 e. The van der Waals surface area contributed by atoms with E-state index in [4.69, 9.17) is 14.6 Å². The summed E-state index contributed by atoms with van der Waals surface area (Å²) in [6.07, 6.45) is -0.412. The molecule has 0 bridgehead atoms. The summed E-state index contributed by atoms with van der Waals surface area (Å²) in [6.45, 7) is 3.92. The Balaban J connectivity index is 1.80. The van der Waals surface area contributed by atoms with Crippen LogP contribution in [0.25, 0.3) is 0 Å². The number of aromatic nitrogens is 1. The summed E-state index contributed by atoms with van der Waals surface area (Å²) >= 11 is 1.48. The average molecular weight is 291 g/mol.